The van der Waals surface area contributed by atoms with Crippen LogP contribution in [0.4, 0.5) is 0 Å². The average Bonchev–Trinajstić information content (AvgIpc) is 3.37. The van der Waals surface area contributed by atoms with Crippen LogP contribution in [0.5, 0.6) is 0 Å². The van der Waals surface area contributed by atoms with Crippen LogP contribution < -0.4 is 5.32 Å². The molecular weight excluding hydrogens is 434 g/mol. The minimum atomic E-state index is -0.492. The first-order valence-corrected chi connectivity index (χ1v) is 12.2. The van der Waals surface area contributed by atoms with Crippen molar-refractivity contribution in [3.8, 4) is 0 Å². The van der Waals surface area contributed by atoms with Crippen molar-refractivity contribution in [2.45, 2.75) is 44.0 Å². The van der Waals surface area contributed by atoms with Gasteiger partial charge < -0.3 is 15.3 Å². The van der Waals surface area contributed by atoms with Gasteiger partial charge in [-0.1, -0.05) is 66.7 Å². The van der Waals surface area contributed by atoms with Gasteiger partial charge in [-0.05, 0) is 54.0 Å². The van der Waals surface area contributed by atoms with E-state index in [-0.39, 0.29) is 11.9 Å². The first kappa shape index (κ1) is 23.2. The number of aliphatic hydroxyl groups is 1. The van der Waals surface area contributed by atoms with Crippen molar-refractivity contribution in [2.24, 2.45) is 0 Å². The Morgan fingerprint density at radius 2 is 1.71 bits per heavy atom. The Morgan fingerprint density at radius 3 is 2.49 bits per heavy atom. The van der Waals surface area contributed by atoms with Crippen LogP contribution in [0, 0.1) is 0 Å². The summed E-state index contributed by atoms with van der Waals surface area (Å²) in [6, 6.07) is 28.3. The molecular formula is C30H31N3O2. The predicted octanol–water partition coefficient (Wildman–Crippen LogP) is 4.90. The van der Waals surface area contributed by atoms with E-state index in [9.17, 15) is 9.90 Å². The average molecular weight is 466 g/mol. The highest BCUT2D eigenvalue weighted by molar-refractivity contribution is 5.94. The lowest BCUT2D eigenvalue weighted by Crippen LogP contribution is -2.35. The molecule has 1 aliphatic heterocycles. The SMILES string of the molecule is CN(Cc1cc2ccccc2cn1)C(=O)c1ccc(C[C@@H]2CC[C@H]([C@H](O)c3ccccc3)N2)cc1. The lowest BCUT2D eigenvalue weighted by atomic mass is 10.0. The van der Waals surface area contributed by atoms with Crippen LogP contribution in [-0.4, -0.2) is 40.0 Å². The van der Waals surface area contributed by atoms with Crippen molar-refractivity contribution in [1.29, 1.82) is 0 Å². The molecule has 1 amide bonds. The zero-order valence-electron chi connectivity index (χ0n) is 20.0. The van der Waals surface area contributed by atoms with Crippen molar-refractivity contribution >= 4 is 16.7 Å². The van der Waals surface area contributed by atoms with Crippen LogP contribution in [0.1, 0.15) is 46.1 Å². The number of carbonyl (C=O) groups is 1. The van der Waals surface area contributed by atoms with E-state index in [4.69, 9.17) is 0 Å². The lowest BCUT2D eigenvalue weighted by molar-refractivity contribution is 0.0783. The standard InChI is InChI=1S/C30H31N3O2/c1-33(20-27-18-24-9-5-6-10-25(24)19-31-27)30(35)23-13-11-21(12-14-23)17-26-15-16-28(32-26)29(34)22-7-3-2-4-8-22/h2-14,18-19,26,28-29,32,34H,15-17,20H2,1H3/t26-,28+,29+/m0/s1. The van der Waals surface area contributed by atoms with Crippen LogP contribution in [-0.2, 0) is 13.0 Å². The Balaban J connectivity index is 1.16. The predicted molar refractivity (Wildman–Crippen MR) is 139 cm³/mol. The van der Waals surface area contributed by atoms with Crippen molar-refractivity contribution in [1.82, 2.24) is 15.2 Å². The molecule has 2 N–H and O–H groups in total. The number of nitrogens with one attached hydrogen (secondary N) is 1. The first-order valence-electron chi connectivity index (χ1n) is 12.2. The number of aliphatic hydroxyl groups excluding tert-OH is 1. The van der Waals surface area contributed by atoms with Gasteiger partial charge in [-0.3, -0.25) is 9.78 Å². The number of aromatic nitrogens is 1. The molecule has 0 saturated carbocycles. The zero-order valence-corrected chi connectivity index (χ0v) is 20.0. The number of pyridine rings is 1. The highest BCUT2D eigenvalue weighted by Crippen LogP contribution is 2.26. The van der Waals surface area contributed by atoms with Gasteiger partial charge >= 0.3 is 0 Å². The maximum Gasteiger partial charge on any atom is 0.253 e. The molecule has 1 aliphatic rings. The molecule has 5 heteroatoms. The molecule has 0 unspecified atom stereocenters. The van der Waals surface area contributed by atoms with Gasteiger partial charge in [0.25, 0.3) is 5.91 Å². The molecule has 178 valence electrons. The van der Waals surface area contributed by atoms with Crippen molar-refractivity contribution in [2.75, 3.05) is 7.05 Å². The second kappa shape index (κ2) is 10.4. The smallest absolute Gasteiger partial charge is 0.253 e. The number of carbonyl (C=O) groups excluding carboxylic acids is 1. The molecule has 5 nitrogen and oxygen atoms in total. The Bertz CT molecular complexity index is 1290. The number of hydrogen-bond donors (Lipinski definition) is 2. The van der Waals surface area contributed by atoms with Crippen molar-refractivity contribution < 1.29 is 9.90 Å². The largest absolute Gasteiger partial charge is 0.387 e. The molecule has 0 spiro atoms. The number of amides is 1. The lowest BCUT2D eigenvalue weighted by Gasteiger charge is -2.20. The molecule has 2 heterocycles. The van der Waals surface area contributed by atoms with Crippen LogP contribution >= 0.6 is 0 Å². The number of hydrogen-bond acceptors (Lipinski definition) is 4. The summed E-state index contributed by atoms with van der Waals surface area (Å²) in [6.07, 6.45) is 4.22. The van der Waals surface area contributed by atoms with E-state index < -0.39 is 6.10 Å². The normalized spacial score (nSPS) is 18.5. The number of benzene rings is 3. The Labute approximate surface area is 206 Å². The van der Waals surface area contributed by atoms with Crippen LogP contribution in [0.3, 0.4) is 0 Å². The topological polar surface area (TPSA) is 65.5 Å². The second-order valence-corrected chi connectivity index (χ2v) is 9.49. The zero-order chi connectivity index (χ0) is 24.2. The fourth-order valence-corrected chi connectivity index (χ4v) is 4.96. The second-order valence-electron chi connectivity index (χ2n) is 9.49. The van der Waals surface area contributed by atoms with E-state index >= 15 is 0 Å². The van der Waals surface area contributed by atoms with E-state index in [2.05, 4.69) is 16.4 Å². The summed E-state index contributed by atoms with van der Waals surface area (Å²) in [5, 5.41) is 16.5. The number of nitrogens with zero attached hydrogens (tertiary/aromatic N) is 2. The van der Waals surface area contributed by atoms with E-state index in [0.29, 0.717) is 18.2 Å². The molecule has 0 bridgehead atoms. The van der Waals surface area contributed by atoms with Gasteiger partial charge in [0.05, 0.1) is 18.3 Å². The third-order valence-electron chi connectivity index (χ3n) is 6.91. The molecule has 3 atom stereocenters. The Hall–Kier alpha value is -3.54. The van der Waals surface area contributed by atoms with E-state index in [1.165, 1.54) is 5.56 Å². The molecule has 0 radical (unpaired) electrons. The number of fused-ring (bicyclic) bond motifs is 1. The third-order valence-corrected chi connectivity index (χ3v) is 6.91. The molecule has 5 rings (SSSR count). The molecule has 0 aliphatic carbocycles. The summed E-state index contributed by atoms with van der Waals surface area (Å²) in [4.78, 5) is 19.2. The highest BCUT2D eigenvalue weighted by atomic mass is 16.3. The minimum Gasteiger partial charge on any atom is -0.387 e. The fourth-order valence-electron chi connectivity index (χ4n) is 4.96. The monoisotopic (exact) mass is 465 g/mol. The molecule has 1 saturated heterocycles. The van der Waals surface area contributed by atoms with Crippen LogP contribution in [0.2, 0.25) is 0 Å². The Kier molecular flexibility index (Phi) is 6.89. The molecule has 1 fully saturated rings. The van der Waals surface area contributed by atoms with Gasteiger partial charge in [0.2, 0.25) is 0 Å². The van der Waals surface area contributed by atoms with E-state index in [1.54, 1.807) is 4.90 Å². The summed E-state index contributed by atoms with van der Waals surface area (Å²) in [6.45, 7) is 0.461. The van der Waals surface area contributed by atoms with Gasteiger partial charge in [-0.15, -0.1) is 0 Å². The molecule has 35 heavy (non-hydrogen) atoms. The van der Waals surface area contributed by atoms with Gasteiger partial charge in [0, 0.05) is 36.3 Å². The highest BCUT2D eigenvalue weighted by Gasteiger charge is 2.29. The molecule has 3 aromatic carbocycles. The maximum atomic E-state index is 13.0. The van der Waals surface area contributed by atoms with Crippen LogP contribution in [0.25, 0.3) is 10.8 Å². The van der Waals surface area contributed by atoms with E-state index in [0.717, 1.165) is 41.3 Å². The number of rotatable bonds is 7. The summed E-state index contributed by atoms with van der Waals surface area (Å²) in [7, 11) is 1.81. The summed E-state index contributed by atoms with van der Waals surface area (Å²) in [5.74, 6) is -0.0171. The maximum absolute atomic E-state index is 13.0. The molecule has 4 aromatic rings. The van der Waals surface area contributed by atoms with Gasteiger partial charge in [0.15, 0.2) is 0 Å². The summed E-state index contributed by atoms with van der Waals surface area (Å²) in [5.41, 5.74) is 3.69. The minimum absolute atomic E-state index is 0.0171. The van der Waals surface area contributed by atoms with Gasteiger partial charge in [-0.25, -0.2) is 0 Å². The van der Waals surface area contributed by atoms with Crippen molar-refractivity contribution in [3.05, 3.63) is 114 Å². The Morgan fingerprint density at radius 1 is 1.00 bits per heavy atom. The third kappa shape index (κ3) is 5.42. The quantitative estimate of drug-likeness (QED) is 0.407. The fraction of sp³-hybridized carbons (Fsp3) is 0.267. The van der Waals surface area contributed by atoms with Gasteiger partial charge in [0.1, 0.15) is 0 Å². The first-order chi connectivity index (χ1) is 17.1. The van der Waals surface area contributed by atoms with E-state index in [1.807, 2.05) is 92.1 Å². The van der Waals surface area contributed by atoms with Crippen molar-refractivity contribution in [3.63, 3.8) is 0 Å². The van der Waals surface area contributed by atoms with Gasteiger partial charge in [-0.2, -0.15) is 0 Å². The molecule has 1 aromatic heterocycles. The summed E-state index contributed by atoms with van der Waals surface area (Å²) < 4.78 is 0. The van der Waals surface area contributed by atoms with Crippen LogP contribution in [0.15, 0.2) is 91.1 Å². The summed E-state index contributed by atoms with van der Waals surface area (Å²) >= 11 is 0.